The van der Waals surface area contributed by atoms with Gasteiger partial charge in [0.1, 0.15) is 0 Å². The topological polar surface area (TPSA) is 21.3 Å². The van der Waals surface area contributed by atoms with Gasteiger partial charge in [-0.05, 0) is 42.5 Å². The van der Waals surface area contributed by atoms with E-state index in [0.29, 0.717) is 6.04 Å². The molecule has 0 spiro atoms. The van der Waals surface area contributed by atoms with E-state index in [-0.39, 0.29) is 0 Å². The average Bonchev–Trinajstić information content (AvgIpc) is 2.81. The van der Waals surface area contributed by atoms with Crippen LogP contribution in [0, 0.1) is 0 Å². The summed E-state index contributed by atoms with van der Waals surface area (Å²) in [4.78, 5) is 0. The third kappa shape index (κ3) is 3.42. The van der Waals surface area contributed by atoms with Crippen LogP contribution in [0.5, 0.6) is 0 Å². The molecule has 0 radical (unpaired) electrons. The Morgan fingerprint density at radius 1 is 1.38 bits per heavy atom. The highest BCUT2D eigenvalue weighted by Crippen LogP contribution is 2.15. The van der Waals surface area contributed by atoms with Crippen molar-refractivity contribution >= 4 is 17.4 Å². The van der Waals surface area contributed by atoms with Crippen molar-refractivity contribution in [2.45, 2.75) is 18.9 Å². The van der Waals surface area contributed by atoms with Gasteiger partial charge in [-0.2, -0.15) is 11.8 Å². The zero-order valence-electron chi connectivity index (χ0n) is 9.74. The van der Waals surface area contributed by atoms with E-state index in [0.717, 1.165) is 26.1 Å². The van der Waals surface area contributed by atoms with Crippen LogP contribution >= 0.6 is 11.8 Å². The van der Waals surface area contributed by atoms with E-state index in [1.807, 2.05) is 11.8 Å². The minimum Gasteiger partial charge on any atom is -0.380 e. The summed E-state index contributed by atoms with van der Waals surface area (Å²) in [6.07, 6.45) is 4.43. The Hall–Kier alpha value is -0.670. The predicted molar refractivity (Wildman–Crippen MR) is 71.4 cm³/mol. The lowest BCUT2D eigenvalue weighted by Gasteiger charge is -2.12. The van der Waals surface area contributed by atoms with Crippen LogP contribution in [0.15, 0.2) is 24.3 Å². The van der Waals surface area contributed by atoms with E-state index >= 15 is 0 Å². The molecule has 2 nitrogen and oxygen atoms in total. The summed E-state index contributed by atoms with van der Waals surface area (Å²) in [7, 11) is 0. The van der Waals surface area contributed by atoms with Gasteiger partial charge >= 0.3 is 0 Å². The molecule has 1 atom stereocenters. The van der Waals surface area contributed by atoms with Gasteiger partial charge in [-0.3, -0.25) is 0 Å². The van der Waals surface area contributed by atoms with Crippen molar-refractivity contribution in [2.24, 2.45) is 0 Å². The lowest BCUT2D eigenvalue weighted by molar-refractivity contribution is 0.195. The minimum atomic E-state index is 0.497. The molecule has 1 aromatic rings. The van der Waals surface area contributed by atoms with E-state index in [1.54, 1.807) is 0 Å². The monoisotopic (exact) mass is 237 g/mol. The van der Waals surface area contributed by atoms with Gasteiger partial charge in [0.2, 0.25) is 0 Å². The van der Waals surface area contributed by atoms with Crippen molar-refractivity contribution in [3.8, 4) is 0 Å². The van der Waals surface area contributed by atoms with Gasteiger partial charge in [0.05, 0.1) is 12.6 Å². The Labute approximate surface area is 102 Å². The SMILES string of the molecule is CSCCc1ccc(NC2CCOC2)cc1. The van der Waals surface area contributed by atoms with E-state index in [4.69, 9.17) is 4.74 Å². The highest BCUT2D eigenvalue weighted by molar-refractivity contribution is 7.98. The van der Waals surface area contributed by atoms with Crippen molar-refractivity contribution in [3.63, 3.8) is 0 Å². The Balaban J connectivity index is 1.86. The number of rotatable bonds is 5. The second-order valence-corrected chi connectivity index (χ2v) is 5.13. The summed E-state index contributed by atoms with van der Waals surface area (Å²) in [5, 5.41) is 3.49. The van der Waals surface area contributed by atoms with Crippen LogP contribution in [0.25, 0.3) is 0 Å². The Kier molecular flexibility index (Phi) is 4.55. The number of thioether (sulfide) groups is 1. The number of benzene rings is 1. The normalized spacial score (nSPS) is 19.9. The van der Waals surface area contributed by atoms with Crippen LogP contribution in [0.1, 0.15) is 12.0 Å². The lowest BCUT2D eigenvalue weighted by Crippen LogP contribution is -2.18. The van der Waals surface area contributed by atoms with Crippen molar-refractivity contribution in [1.82, 2.24) is 0 Å². The molecule has 1 fully saturated rings. The molecule has 0 bridgehead atoms. The molecular weight excluding hydrogens is 218 g/mol. The number of nitrogens with one attached hydrogen (secondary N) is 1. The molecule has 1 unspecified atom stereocenters. The molecule has 16 heavy (non-hydrogen) atoms. The quantitative estimate of drug-likeness (QED) is 0.851. The van der Waals surface area contributed by atoms with Crippen LogP contribution in [-0.2, 0) is 11.2 Å². The zero-order valence-corrected chi connectivity index (χ0v) is 10.6. The molecule has 1 saturated heterocycles. The molecular formula is C13H19NOS. The van der Waals surface area contributed by atoms with E-state index in [9.17, 15) is 0 Å². The molecule has 0 amide bonds. The van der Waals surface area contributed by atoms with Gasteiger partial charge in [0.15, 0.2) is 0 Å². The molecule has 1 aliphatic rings. The van der Waals surface area contributed by atoms with Gasteiger partial charge in [-0.15, -0.1) is 0 Å². The molecule has 88 valence electrons. The predicted octanol–water partition coefficient (Wildman–Crippen LogP) is 2.79. The van der Waals surface area contributed by atoms with Gasteiger partial charge < -0.3 is 10.1 Å². The Morgan fingerprint density at radius 3 is 2.81 bits per heavy atom. The molecule has 1 aliphatic heterocycles. The third-order valence-electron chi connectivity index (χ3n) is 2.85. The van der Waals surface area contributed by atoms with Crippen molar-refractivity contribution in [3.05, 3.63) is 29.8 Å². The van der Waals surface area contributed by atoms with Crippen LogP contribution in [0.4, 0.5) is 5.69 Å². The first-order valence-electron chi connectivity index (χ1n) is 5.80. The Bertz CT molecular complexity index is 306. The molecule has 1 heterocycles. The van der Waals surface area contributed by atoms with E-state index < -0.39 is 0 Å². The fourth-order valence-electron chi connectivity index (χ4n) is 1.87. The fourth-order valence-corrected chi connectivity index (χ4v) is 2.31. The number of ether oxygens (including phenoxy) is 1. The summed E-state index contributed by atoms with van der Waals surface area (Å²) in [5.41, 5.74) is 2.63. The summed E-state index contributed by atoms with van der Waals surface area (Å²) >= 11 is 1.89. The van der Waals surface area contributed by atoms with Gasteiger partial charge in [-0.1, -0.05) is 12.1 Å². The molecule has 1 aromatic carbocycles. The summed E-state index contributed by atoms with van der Waals surface area (Å²) in [5.74, 6) is 1.20. The maximum absolute atomic E-state index is 5.34. The standard InChI is InChI=1S/C13H19NOS/c1-16-9-7-11-2-4-12(5-3-11)14-13-6-8-15-10-13/h2-5,13-14H,6-10H2,1H3. The minimum absolute atomic E-state index is 0.497. The van der Waals surface area contributed by atoms with Crippen LogP contribution in [0.3, 0.4) is 0 Å². The lowest BCUT2D eigenvalue weighted by atomic mass is 10.1. The number of hydrogen-bond donors (Lipinski definition) is 1. The second-order valence-electron chi connectivity index (χ2n) is 4.14. The first kappa shape index (κ1) is 11.8. The first-order valence-corrected chi connectivity index (χ1v) is 7.20. The van der Waals surface area contributed by atoms with E-state index in [2.05, 4.69) is 35.8 Å². The van der Waals surface area contributed by atoms with Gasteiger partial charge in [0.25, 0.3) is 0 Å². The van der Waals surface area contributed by atoms with Crippen molar-refractivity contribution in [2.75, 3.05) is 30.5 Å². The summed E-state index contributed by atoms with van der Waals surface area (Å²) < 4.78 is 5.34. The summed E-state index contributed by atoms with van der Waals surface area (Å²) in [6.45, 7) is 1.73. The molecule has 0 aliphatic carbocycles. The molecule has 2 rings (SSSR count). The number of hydrogen-bond acceptors (Lipinski definition) is 3. The molecule has 0 saturated carbocycles. The second kappa shape index (κ2) is 6.16. The highest BCUT2D eigenvalue weighted by Gasteiger charge is 2.14. The fraction of sp³-hybridized carbons (Fsp3) is 0.538. The third-order valence-corrected chi connectivity index (χ3v) is 3.46. The van der Waals surface area contributed by atoms with Crippen molar-refractivity contribution < 1.29 is 4.74 Å². The molecule has 0 aromatic heterocycles. The first-order chi connectivity index (χ1) is 7.88. The highest BCUT2D eigenvalue weighted by atomic mass is 32.2. The molecule has 1 N–H and O–H groups in total. The number of anilines is 1. The van der Waals surface area contributed by atoms with Crippen LogP contribution < -0.4 is 5.32 Å². The van der Waals surface area contributed by atoms with E-state index in [1.165, 1.54) is 17.0 Å². The van der Waals surface area contributed by atoms with Gasteiger partial charge in [0, 0.05) is 12.3 Å². The van der Waals surface area contributed by atoms with Gasteiger partial charge in [-0.25, -0.2) is 0 Å². The maximum Gasteiger partial charge on any atom is 0.0668 e. The van der Waals surface area contributed by atoms with Crippen molar-refractivity contribution in [1.29, 1.82) is 0 Å². The van der Waals surface area contributed by atoms with Crippen LogP contribution in [-0.4, -0.2) is 31.3 Å². The number of aryl methyl sites for hydroxylation is 1. The Morgan fingerprint density at radius 2 is 2.19 bits per heavy atom. The largest absolute Gasteiger partial charge is 0.380 e. The zero-order chi connectivity index (χ0) is 11.2. The smallest absolute Gasteiger partial charge is 0.0668 e. The average molecular weight is 237 g/mol. The summed E-state index contributed by atoms with van der Waals surface area (Å²) in [6, 6.07) is 9.28. The maximum atomic E-state index is 5.34. The van der Waals surface area contributed by atoms with Crippen LogP contribution in [0.2, 0.25) is 0 Å². The molecule has 3 heteroatoms.